The SMILES string of the molecule is CCOC(=O)c1c(C)oc2nc(COC(=O)[C@@H](NC(=O)c3cccc(C)c3)C(C)C)nc(N)c12. The van der Waals surface area contributed by atoms with Crippen molar-refractivity contribution in [1.29, 1.82) is 0 Å². The Morgan fingerprint density at radius 3 is 2.53 bits per heavy atom. The smallest absolute Gasteiger partial charge is 0.342 e. The normalized spacial score (nSPS) is 11.9. The summed E-state index contributed by atoms with van der Waals surface area (Å²) >= 11 is 0. The van der Waals surface area contributed by atoms with Crippen LogP contribution in [-0.4, -0.2) is 40.5 Å². The van der Waals surface area contributed by atoms with E-state index in [9.17, 15) is 14.4 Å². The number of nitrogens with one attached hydrogen (secondary N) is 1. The summed E-state index contributed by atoms with van der Waals surface area (Å²) in [6.07, 6.45) is 0. The number of rotatable bonds is 8. The molecular weight excluding hydrogens is 440 g/mol. The number of carbonyl (C=O) groups is 3. The highest BCUT2D eigenvalue weighted by Gasteiger charge is 2.28. The van der Waals surface area contributed by atoms with E-state index in [1.54, 1.807) is 45.9 Å². The van der Waals surface area contributed by atoms with E-state index in [-0.39, 0.29) is 53.3 Å². The van der Waals surface area contributed by atoms with Crippen LogP contribution < -0.4 is 11.1 Å². The summed E-state index contributed by atoms with van der Waals surface area (Å²) in [6, 6.07) is 6.18. The van der Waals surface area contributed by atoms with E-state index in [0.29, 0.717) is 11.3 Å². The van der Waals surface area contributed by atoms with E-state index in [2.05, 4.69) is 15.3 Å². The molecule has 0 unspecified atom stereocenters. The van der Waals surface area contributed by atoms with Gasteiger partial charge in [-0.2, -0.15) is 4.98 Å². The van der Waals surface area contributed by atoms with Gasteiger partial charge in [-0.1, -0.05) is 31.5 Å². The highest BCUT2D eigenvalue weighted by Crippen LogP contribution is 2.29. The molecule has 3 N–H and O–H groups in total. The third kappa shape index (κ3) is 5.33. The van der Waals surface area contributed by atoms with E-state index >= 15 is 0 Å². The van der Waals surface area contributed by atoms with E-state index < -0.39 is 18.0 Å². The van der Waals surface area contributed by atoms with Crippen molar-refractivity contribution in [1.82, 2.24) is 15.3 Å². The molecule has 2 heterocycles. The minimum Gasteiger partial charge on any atom is -0.462 e. The molecule has 180 valence electrons. The van der Waals surface area contributed by atoms with Crippen LogP contribution in [0.5, 0.6) is 0 Å². The second kappa shape index (κ2) is 10.3. The molecule has 1 atom stereocenters. The summed E-state index contributed by atoms with van der Waals surface area (Å²) in [5.74, 6) is -1.44. The first-order valence-corrected chi connectivity index (χ1v) is 10.9. The van der Waals surface area contributed by atoms with Crippen LogP contribution in [0.15, 0.2) is 28.7 Å². The number of furan rings is 1. The lowest BCUT2D eigenvalue weighted by molar-refractivity contribution is -0.148. The van der Waals surface area contributed by atoms with Gasteiger partial charge in [-0.25, -0.2) is 14.6 Å². The van der Waals surface area contributed by atoms with E-state index in [1.807, 2.05) is 13.0 Å². The highest BCUT2D eigenvalue weighted by molar-refractivity contribution is 6.07. The van der Waals surface area contributed by atoms with Crippen molar-refractivity contribution in [3.63, 3.8) is 0 Å². The molecule has 0 saturated carbocycles. The zero-order valence-electron chi connectivity index (χ0n) is 19.8. The largest absolute Gasteiger partial charge is 0.462 e. The number of benzene rings is 1. The van der Waals surface area contributed by atoms with Gasteiger partial charge in [-0.3, -0.25) is 4.79 Å². The predicted octanol–water partition coefficient (Wildman–Crippen LogP) is 3.10. The molecule has 1 amide bonds. The maximum Gasteiger partial charge on any atom is 0.342 e. The molecule has 0 saturated heterocycles. The summed E-state index contributed by atoms with van der Waals surface area (Å²) in [5, 5.41) is 2.97. The fourth-order valence-corrected chi connectivity index (χ4v) is 3.43. The lowest BCUT2D eigenvalue weighted by atomic mass is 10.0. The second-order valence-corrected chi connectivity index (χ2v) is 8.13. The fraction of sp³-hybridized carbons (Fsp3) is 0.375. The number of aromatic nitrogens is 2. The number of ether oxygens (including phenoxy) is 2. The Morgan fingerprint density at radius 2 is 1.88 bits per heavy atom. The van der Waals surface area contributed by atoms with Gasteiger partial charge in [0, 0.05) is 5.56 Å². The Kier molecular flexibility index (Phi) is 7.50. The molecule has 10 heteroatoms. The molecule has 0 spiro atoms. The number of anilines is 1. The first-order chi connectivity index (χ1) is 16.1. The molecule has 10 nitrogen and oxygen atoms in total. The number of nitrogens with zero attached hydrogens (tertiary/aromatic N) is 2. The zero-order chi connectivity index (χ0) is 25.0. The van der Waals surface area contributed by atoms with Gasteiger partial charge in [0.25, 0.3) is 5.91 Å². The van der Waals surface area contributed by atoms with Crippen LogP contribution in [0, 0.1) is 19.8 Å². The maximum absolute atomic E-state index is 12.8. The Labute approximate surface area is 196 Å². The molecule has 34 heavy (non-hydrogen) atoms. The quantitative estimate of drug-likeness (QED) is 0.476. The summed E-state index contributed by atoms with van der Waals surface area (Å²) in [6.45, 7) is 8.65. The van der Waals surface area contributed by atoms with Gasteiger partial charge in [0.1, 0.15) is 23.2 Å². The van der Waals surface area contributed by atoms with Crippen molar-refractivity contribution in [3.05, 3.63) is 52.5 Å². The Morgan fingerprint density at radius 1 is 1.15 bits per heavy atom. The van der Waals surface area contributed by atoms with Crippen molar-refractivity contribution in [2.75, 3.05) is 12.3 Å². The van der Waals surface area contributed by atoms with Crippen LogP contribution in [0.2, 0.25) is 0 Å². The highest BCUT2D eigenvalue weighted by atomic mass is 16.5. The van der Waals surface area contributed by atoms with Gasteiger partial charge < -0.3 is 24.9 Å². The average Bonchev–Trinajstić information content (AvgIpc) is 3.12. The molecule has 3 aromatic rings. The number of hydrogen-bond donors (Lipinski definition) is 2. The molecule has 0 aliphatic heterocycles. The fourth-order valence-electron chi connectivity index (χ4n) is 3.43. The molecule has 2 aromatic heterocycles. The molecular formula is C24H28N4O6. The van der Waals surface area contributed by atoms with Crippen LogP contribution in [0.3, 0.4) is 0 Å². The lowest BCUT2D eigenvalue weighted by Crippen LogP contribution is -2.45. The van der Waals surface area contributed by atoms with Crippen molar-refractivity contribution in [2.45, 2.75) is 47.3 Å². The van der Waals surface area contributed by atoms with Crippen LogP contribution in [0.25, 0.3) is 11.1 Å². The standard InChI is InChI=1S/C24H28N4O6/c1-6-32-23(30)17-14(5)34-22-18(17)20(25)26-16(27-22)11-33-24(31)19(12(2)3)28-21(29)15-9-7-8-13(4)10-15/h7-10,12,19H,6,11H2,1-5H3,(H,28,29)(H2,25,26,27)/t19-/m0/s1. The van der Waals surface area contributed by atoms with Gasteiger partial charge in [-0.05, 0) is 38.8 Å². The summed E-state index contributed by atoms with van der Waals surface area (Å²) in [7, 11) is 0. The number of hydrogen-bond acceptors (Lipinski definition) is 9. The molecule has 0 aliphatic rings. The second-order valence-electron chi connectivity index (χ2n) is 8.13. The van der Waals surface area contributed by atoms with Crippen molar-refractivity contribution in [2.24, 2.45) is 5.92 Å². The number of esters is 2. The summed E-state index contributed by atoms with van der Waals surface area (Å²) < 4.78 is 16.0. The van der Waals surface area contributed by atoms with Crippen molar-refractivity contribution >= 4 is 34.8 Å². The first kappa shape index (κ1) is 24.7. The number of nitrogen functional groups attached to an aromatic ring is 1. The van der Waals surface area contributed by atoms with Gasteiger partial charge in [-0.15, -0.1) is 0 Å². The minimum atomic E-state index is -0.879. The van der Waals surface area contributed by atoms with Crippen molar-refractivity contribution in [3.8, 4) is 0 Å². The maximum atomic E-state index is 12.8. The van der Waals surface area contributed by atoms with E-state index in [0.717, 1.165) is 5.56 Å². The molecule has 0 fully saturated rings. The molecule has 1 aromatic carbocycles. The lowest BCUT2D eigenvalue weighted by Gasteiger charge is -2.20. The topological polar surface area (TPSA) is 147 Å². The predicted molar refractivity (Wildman–Crippen MR) is 124 cm³/mol. The Bertz CT molecular complexity index is 1230. The van der Waals surface area contributed by atoms with Crippen LogP contribution in [0.4, 0.5) is 5.82 Å². The third-order valence-electron chi connectivity index (χ3n) is 5.11. The zero-order valence-corrected chi connectivity index (χ0v) is 19.8. The van der Waals surface area contributed by atoms with Gasteiger partial charge in [0.05, 0.1) is 12.0 Å². The van der Waals surface area contributed by atoms with Crippen molar-refractivity contribution < 1.29 is 28.3 Å². The number of fused-ring (bicyclic) bond motifs is 1. The Balaban J connectivity index is 1.75. The van der Waals surface area contributed by atoms with Gasteiger partial charge in [0.2, 0.25) is 5.71 Å². The minimum absolute atomic E-state index is 0.00381. The molecule has 0 aliphatic carbocycles. The van der Waals surface area contributed by atoms with Crippen LogP contribution in [0.1, 0.15) is 58.6 Å². The summed E-state index contributed by atoms with van der Waals surface area (Å²) in [5.41, 5.74) is 7.68. The summed E-state index contributed by atoms with van der Waals surface area (Å²) in [4.78, 5) is 46.0. The first-order valence-electron chi connectivity index (χ1n) is 10.9. The number of aryl methyl sites for hydroxylation is 2. The van der Waals surface area contributed by atoms with Gasteiger partial charge >= 0.3 is 11.9 Å². The van der Waals surface area contributed by atoms with Crippen LogP contribution >= 0.6 is 0 Å². The third-order valence-corrected chi connectivity index (χ3v) is 5.11. The molecule has 0 radical (unpaired) electrons. The monoisotopic (exact) mass is 468 g/mol. The molecule has 3 rings (SSSR count). The number of amides is 1. The van der Waals surface area contributed by atoms with E-state index in [1.165, 1.54) is 0 Å². The van der Waals surface area contributed by atoms with E-state index in [4.69, 9.17) is 19.6 Å². The molecule has 0 bridgehead atoms. The number of nitrogens with two attached hydrogens (primary N) is 1. The van der Waals surface area contributed by atoms with Gasteiger partial charge in [0.15, 0.2) is 12.4 Å². The average molecular weight is 469 g/mol. The Hall–Kier alpha value is -3.95. The van der Waals surface area contributed by atoms with Crippen LogP contribution in [-0.2, 0) is 20.9 Å². The number of carbonyl (C=O) groups excluding carboxylic acids is 3.